The highest BCUT2D eigenvalue weighted by Crippen LogP contribution is 2.04. The van der Waals surface area contributed by atoms with E-state index in [-0.39, 0.29) is 0 Å². The molecule has 0 rings (SSSR count). The first-order chi connectivity index (χ1) is 6.06. The number of carboxylic acid groups (broad SMARTS) is 2. The van der Waals surface area contributed by atoms with E-state index in [1.165, 1.54) is 0 Å². The zero-order valence-electron chi connectivity index (χ0n) is 8.10. The van der Waals surface area contributed by atoms with Gasteiger partial charge in [-0.3, -0.25) is 0 Å². The van der Waals surface area contributed by atoms with E-state index in [4.69, 9.17) is 25.5 Å². The van der Waals surface area contributed by atoms with Crippen LogP contribution in [0.1, 0.15) is 20.8 Å². The van der Waals surface area contributed by atoms with Crippen molar-refractivity contribution in [2.45, 2.75) is 26.4 Å². The van der Waals surface area contributed by atoms with Gasteiger partial charge in [-0.05, 0) is 20.8 Å². The summed E-state index contributed by atoms with van der Waals surface area (Å²) in [4.78, 5) is 28.2. The minimum absolute atomic E-state index is 0.453. The van der Waals surface area contributed by atoms with Gasteiger partial charge in [-0.25, -0.2) is 14.4 Å². The third-order valence-corrected chi connectivity index (χ3v) is 0.590. The SMILES string of the molecule is CC(C)(C)OC(N)=O.O=C(O)C(=O)O. The Morgan fingerprint density at radius 1 is 1.07 bits per heavy atom. The lowest BCUT2D eigenvalue weighted by Crippen LogP contribution is -2.27. The molecule has 4 N–H and O–H groups in total. The molecule has 0 atom stereocenters. The van der Waals surface area contributed by atoms with Gasteiger partial charge in [0.25, 0.3) is 0 Å². The van der Waals surface area contributed by atoms with Gasteiger partial charge >= 0.3 is 18.0 Å². The molecule has 0 saturated carbocycles. The van der Waals surface area contributed by atoms with E-state index in [0.717, 1.165) is 0 Å². The van der Waals surface area contributed by atoms with Gasteiger partial charge in [-0.2, -0.15) is 0 Å². The molecule has 0 aliphatic heterocycles. The number of carboxylic acids is 2. The van der Waals surface area contributed by atoms with E-state index in [1.807, 2.05) is 0 Å². The van der Waals surface area contributed by atoms with Crippen LogP contribution in [-0.4, -0.2) is 33.8 Å². The highest BCUT2D eigenvalue weighted by Gasteiger charge is 2.12. The second kappa shape index (κ2) is 5.79. The molecule has 0 radical (unpaired) electrons. The van der Waals surface area contributed by atoms with Crippen LogP contribution in [0, 0.1) is 0 Å². The maximum atomic E-state index is 10.0. The third kappa shape index (κ3) is 16.7. The third-order valence-electron chi connectivity index (χ3n) is 0.590. The molecule has 7 nitrogen and oxygen atoms in total. The van der Waals surface area contributed by atoms with Crippen LogP contribution in [0.2, 0.25) is 0 Å². The molecule has 14 heavy (non-hydrogen) atoms. The van der Waals surface area contributed by atoms with Gasteiger partial charge < -0.3 is 20.7 Å². The van der Waals surface area contributed by atoms with Gasteiger partial charge in [0.2, 0.25) is 0 Å². The molecular formula is C7H13NO6. The number of rotatable bonds is 0. The smallest absolute Gasteiger partial charge is 0.414 e. The topological polar surface area (TPSA) is 127 Å². The number of primary amides is 1. The predicted octanol–water partition coefficient (Wildman–Crippen LogP) is 0.0358. The van der Waals surface area contributed by atoms with Crippen LogP contribution in [0.25, 0.3) is 0 Å². The van der Waals surface area contributed by atoms with Crippen LogP contribution in [0.5, 0.6) is 0 Å². The molecule has 0 aliphatic rings. The highest BCUT2D eigenvalue weighted by molar-refractivity contribution is 6.27. The van der Waals surface area contributed by atoms with Gasteiger partial charge in [0.15, 0.2) is 0 Å². The van der Waals surface area contributed by atoms with Crippen molar-refractivity contribution < 1.29 is 29.3 Å². The summed E-state index contributed by atoms with van der Waals surface area (Å²) < 4.78 is 4.58. The Labute approximate surface area is 80.5 Å². The Hall–Kier alpha value is -1.79. The van der Waals surface area contributed by atoms with Crippen molar-refractivity contribution in [1.82, 2.24) is 0 Å². The maximum absolute atomic E-state index is 10.0. The fourth-order valence-corrected chi connectivity index (χ4v) is 0.302. The first-order valence-corrected chi connectivity index (χ1v) is 3.51. The van der Waals surface area contributed by atoms with Crippen molar-refractivity contribution in [3.8, 4) is 0 Å². The fourth-order valence-electron chi connectivity index (χ4n) is 0.302. The van der Waals surface area contributed by atoms with Gasteiger partial charge in [-0.1, -0.05) is 0 Å². The van der Waals surface area contributed by atoms with Crippen molar-refractivity contribution >= 4 is 18.0 Å². The van der Waals surface area contributed by atoms with Crippen LogP contribution in [0.3, 0.4) is 0 Å². The average Bonchev–Trinajstić information content (AvgIpc) is 1.81. The quantitative estimate of drug-likeness (QED) is 0.481. The molecule has 7 heteroatoms. The number of amides is 1. The Balaban J connectivity index is 0. The van der Waals surface area contributed by atoms with Gasteiger partial charge in [0.1, 0.15) is 5.60 Å². The molecule has 1 amide bonds. The summed E-state index contributed by atoms with van der Waals surface area (Å²) in [6.07, 6.45) is -0.725. The van der Waals surface area contributed by atoms with E-state index in [2.05, 4.69) is 4.74 Å². The normalized spacial score (nSPS) is 9.36. The molecule has 0 aliphatic carbocycles. The molecular weight excluding hydrogens is 194 g/mol. The molecule has 0 saturated heterocycles. The summed E-state index contributed by atoms with van der Waals surface area (Å²) in [6, 6.07) is 0. The second-order valence-corrected chi connectivity index (χ2v) is 3.14. The number of nitrogens with two attached hydrogens (primary N) is 1. The van der Waals surface area contributed by atoms with Crippen LogP contribution >= 0.6 is 0 Å². The monoisotopic (exact) mass is 207 g/mol. The summed E-state index contributed by atoms with van der Waals surface area (Å²) in [7, 11) is 0. The van der Waals surface area contributed by atoms with Crippen LogP contribution in [-0.2, 0) is 14.3 Å². The molecule has 0 heterocycles. The molecule has 0 fully saturated rings. The van der Waals surface area contributed by atoms with Gasteiger partial charge in [0, 0.05) is 0 Å². The zero-order valence-corrected chi connectivity index (χ0v) is 8.10. The molecule has 0 spiro atoms. The molecule has 0 aromatic heterocycles. The molecule has 0 unspecified atom stereocenters. The summed E-state index contributed by atoms with van der Waals surface area (Å²) in [5.74, 6) is -3.65. The summed E-state index contributed by atoms with van der Waals surface area (Å²) in [5.41, 5.74) is 4.26. The molecule has 0 bridgehead atoms. The standard InChI is InChI=1S/C5H11NO2.C2H2O4/c1-5(2,3)8-4(6)7;3-1(4)2(5)6/h1-3H3,(H2,6,7);(H,3,4)(H,5,6). The number of carbonyl (C=O) groups is 3. The first-order valence-electron chi connectivity index (χ1n) is 3.51. The Morgan fingerprint density at radius 3 is 1.36 bits per heavy atom. The van der Waals surface area contributed by atoms with E-state index < -0.39 is 23.6 Å². The Kier molecular flexibility index (Phi) is 6.08. The minimum atomic E-state index is -1.82. The van der Waals surface area contributed by atoms with Crippen LogP contribution in [0.15, 0.2) is 0 Å². The highest BCUT2D eigenvalue weighted by atomic mass is 16.6. The molecule has 0 aromatic rings. The van der Waals surface area contributed by atoms with Crippen molar-refractivity contribution in [2.24, 2.45) is 5.73 Å². The lowest BCUT2D eigenvalue weighted by Gasteiger charge is -2.16. The van der Waals surface area contributed by atoms with Crippen LogP contribution in [0.4, 0.5) is 4.79 Å². The van der Waals surface area contributed by atoms with Crippen molar-refractivity contribution in [3.05, 3.63) is 0 Å². The summed E-state index contributed by atoms with van der Waals surface area (Å²) >= 11 is 0. The van der Waals surface area contributed by atoms with E-state index in [0.29, 0.717) is 0 Å². The Bertz CT molecular complexity index is 217. The van der Waals surface area contributed by atoms with E-state index in [1.54, 1.807) is 20.8 Å². The van der Waals surface area contributed by atoms with Crippen molar-refractivity contribution in [2.75, 3.05) is 0 Å². The fraction of sp³-hybridized carbons (Fsp3) is 0.571. The average molecular weight is 207 g/mol. The summed E-state index contributed by atoms with van der Waals surface area (Å²) in [5, 5.41) is 14.8. The van der Waals surface area contributed by atoms with E-state index in [9.17, 15) is 4.79 Å². The largest absolute Gasteiger partial charge is 0.473 e. The van der Waals surface area contributed by atoms with Crippen molar-refractivity contribution in [3.63, 3.8) is 0 Å². The number of ether oxygens (including phenoxy) is 1. The predicted molar refractivity (Wildman–Crippen MR) is 45.7 cm³/mol. The summed E-state index contributed by atoms with van der Waals surface area (Å²) in [6.45, 7) is 5.28. The van der Waals surface area contributed by atoms with Gasteiger partial charge in [-0.15, -0.1) is 0 Å². The lowest BCUT2D eigenvalue weighted by atomic mass is 10.2. The molecule has 82 valence electrons. The van der Waals surface area contributed by atoms with Crippen molar-refractivity contribution in [1.29, 1.82) is 0 Å². The van der Waals surface area contributed by atoms with Gasteiger partial charge in [0.05, 0.1) is 0 Å². The number of aliphatic carboxylic acids is 2. The number of carbonyl (C=O) groups excluding carboxylic acids is 1. The lowest BCUT2D eigenvalue weighted by molar-refractivity contribution is -0.159. The molecule has 0 aromatic carbocycles. The van der Waals surface area contributed by atoms with E-state index >= 15 is 0 Å². The maximum Gasteiger partial charge on any atom is 0.414 e. The zero-order chi connectivity index (χ0) is 11.9. The minimum Gasteiger partial charge on any atom is -0.473 e. The first kappa shape index (κ1) is 14.7. The number of hydrogen-bond donors (Lipinski definition) is 3. The Morgan fingerprint density at radius 2 is 1.36 bits per heavy atom. The number of hydrogen-bond acceptors (Lipinski definition) is 4. The second-order valence-electron chi connectivity index (χ2n) is 3.14. The van der Waals surface area contributed by atoms with Crippen LogP contribution < -0.4 is 5.73 Å².